The maximum atomic E-state index is 13.7. The number of aromatic nitrogens is 1. The Kier molecular flexibility index (Phi) is 6.62. The Labute approximate surface area is 174 Å². The van der Waals surface area contributed by atoms with E-state index in [1.165, 1.54) is 18.2 Å². The number of benzene rings is 1. The van der Waals surface area contributed by atoms with Crippen molar-refractivity contribution in [3.63, 3.8) is 0 Å². The van der Waals surface area contributed by atoms with Crippen LogP contribution in [0.15, 0.2) is 30.5 Å². The molecule has 0 saturated heterocycles. The first-order chi connectivity index (χ1) is 14.2. The van der Waals surface area contributed by atoms with E-state index in [0.29, 0.717) is 19.5 Å². The van der Waals surface area contributed by atoms with E-state index in [1.54, 1.807) is 18.0 Å². The predicted octanol–water partition coefficient (Wildman–Crippen LogP) is 2.71. The van der Waals surface area contributed by atoms with Gasteiger partial charge in [-0.05, 0) is 55.2 Å². The van der Waals surface area contributed by atoms with Gasteiger partial charge in [0.15, 0.2) is 0 Å². The van der Waals surface area contributed by atoms with E-state index in [1.807, 2.05) is 6.92 Å². The van der Waals surface area contributed by atoms with Gasteiger partial charge in [0, 0.05) is 49.2 Å². The highest BCUT2D eigenvalue weighted by molar-refractivity contribution is 7.89. The van der Waals surface area contributed by atoms with Crippen LogP contribution in [0.2, 0.25) is 0 Å². The van der Waals surface area contributed by atoms with Crippen LogP contribution in [0.5, 0.6) is 0 Å². The van der Waals surface area contributed by atoms with E-state index in [-0.39, 0.29) is 23.8 Å². The van der Waals surface area contributed by atoms with E-state index in [2.05, 4.69) is 9.71 Å². The molecule has 9 heteroatoms. The number of halogens is 2. The molecule has 2 aromatic rings. The summed E-state index contributed by atoms with van der Waals surface area (Å²) in [5.74, 6) is -1.71. The molecule has 30 heavy (non-hydrogen) atoms. The highest BCUT2D eigenvalue weighted by atomic mass is 32.2. The van der Waals surface area contributed by atoms with Crippen molar-refractivity contribution in [2.75, 3.05) is 12.3 Å². The van der Waals surface area contributed by atoms with E-state index in [4.69, 9.17) is 0 Å². The summed E-state index contributed by atoms with van der Waals surface area (Å²) in [7, 11) is -3.33. The fourth-order valence-corrected chi connectivity index (χ4v) is 3.90. The number of hydrogen-bond donors (Lipinski definition) is 1. The monoisotopic (exact) mass is 435 g/mol. The van der Waals surface area contributed by atoms with Crippen LogP contribution in [0.3, 0.4) is 0 Å². The lowest BCUT2D eigenvalue weighted by atomic mass is 9.95. The van der Waals surface area contributed by atoms with Gasteiger partial charge in [-0.1, -0.05) is 0 Å². The number of carbonyl (C=O) groups excluding carboxylic acids is 1. The van der Waals surface area contributed by atoms with Crippen molar-refractivity contribution in [3.8, 4) is 0 Å². The van der Waals surface area contributed by atoms with Crippen molar-refractivity contribution in [2.45, 2.75) is 33.4 Å². The Morgan fingerprint density at radius 3 is 2.80 bits per heavy atom. The number of hydrogen-bond acceptors (Lipinski definition) is 4. The van der Waals surface area contributed by atoms with Crippen molar-refractivity contribution in [2.24, 2.45) is 0 Å². The zero-order valence-electron chi connectivity index (χ0n) is 16.8. The molecule has 3 rings (SSSR count). The van der Waals surface area contributed by atoms with Crippen LogP contribution in [0, 0.1) is 18.6 Å². The minimum absolute atomic E-state index is 0.00222. The van der Waals surface area contributed by atoms with Gasteiger partial charge in [0.1, 0.15) is 11.6 Å². The molecule has 1 aromatic carbocycles. The molecule has 1 aliphatic rings. The quantitative estimate of drug-likeness (QED) is 0.708. The van der Waals surface area contributed by atoms with Crippen molar-refractivity contribution >= 4 is 22.0 Å². The van der Waals surface area contributed by atoms with Crippen LogP contribution in [0.25, 0.3) is 6.08 Å². The fraction of sp³-hybridized carbons (Fsp3) is 0.333. The summed E-state index contributed by atoms with van der Waals surface area (Å²) in [6.45, 7) is 4.33. The highest BCUT2D eigenvalue weighted by Crippen LogP contribution is 2.24. The minimum Gasteiger partial charge on any atom is -0.334 e. The molecule has 0 aliphatic carbocycles. The van der Waals surface area contributed by atoms with Crippen molar-refractivity contribution < 1.29 is 22.0 Å². The Bertz CT molecular complexity index is 1100. The molecule has 0 fully saturated rings. The largest absolute Gasteiger partial charge is 0.334 e. The molecule has 1 aliphatic heterocycles. The molecule has 0 spiro atoms. The number of sulfonamides is 1. The van der Waals surface area contributed by atoms with Crippen molar-refractivity contribution in [1.82, 2.24) is 14.6 Å². The molecule has 2 heterocycles. The van der Waals surface area contributed by atoms with Crippen molar-refractivity contribution in [3.05, 3.63) is 70.1 Å². The molecule has 0 atom stereocenters. The fourth-order valence-electron chi connectivity index (χ4n) is 3.33. The first kappa shape index (κ1) is 22.0. The average Bonchev–Trinajstić information content (AvgIpc) is 2.72. The van der Waals surface area contributed by atoms with E-state index in [9.17, 15) is 22.0 Å². The third kappa shape index (κ3) is 5.09. The lowest BCUT2D eigenvalue weighted by Gasteiger charge is -2.30. The summed E-state index contributed by atoms with van der Waals surface area (Å²) < 4.78 is 52.9. The van der Waals surface area contributed by atoms with Crippen LogP contribution < -0.4 is 4.72 Å². The summed E-state index contributed by atoms with van der Waals surface area (Å²) in [5, 5.41) is 0. The second-order valence-electron chi connectivity index (χ2n) is 7.06. The molecule has 0 unspecified atom stereocenters. The number of nitrogens with one attached hydrogen (secondary N) is 1. The lowest BCUT2D eigenvalue weighted by Crippen LogP contribution is -2.36. The average molecular weight is 435 g/mol. The minimum atomic E-state index is -3.33. The van der Waals surface area contributed by atoms with Gasteiger partial charge in [0.2, 0.25) is 15.9 Å². The SMILES string of the molecule is CCS(=O)(=O)NCc1c(C)ncc2c1CCN(C(=O)/C=C/c1ccc(F)cc1F)C2. The van der Waals surface area contributed by atoms with E-state index in [0.717, 1.165) is 34.5 Å². The normalized spacial score (nSPS) is 14.2. The number of fused-ring (bicyclic) bond motifs is 1. The molecular weight excluding hydrogens is 412 g/mol. The molecule has 0 radical (unpaired) electrons. The van der Waals surface area contributed by atoms with Crippen LogP contribution in [-0.4, -0.2) is 36.5 Å². The summed E-state index contributed by atoms with van der Waals surface area (Å²) in [6.07, 6.45) is 4.85. The van der Waals surface area contributed by atoms with Gasteiger partial charge in [-0.25, -0.2) is 21.9 Å². The highest BCUT2D eigenvalue weighted by Gasteiger charge is 2.23. The molecule has 6 nitrogen and oxygen atoms in total. The molecule has 1 N–H and O–H groups in total. The smallest absolute Gasteiger partial charge is 0.246 e. The zero-order valence-corrected chi connectivity index (χ0v) is 17.6. The summed E-state index contributed by atoms with van der Waals surface area (Å²) in [6, 6.07) is 3.17. The van der Waals surface area contributed by atoms with Gasteiger partial charge in [-0.15, -0.1) is 0 Å². The Balaban J connectivity index is 1.74. The van der Waals surface area contributed by atoms with Crippen molar-refractivity contribution in [1.29, 1.82) is 0 Å². The molecular formula is C21H23F2N3O3S. The van der Waals surface area contributed by atoms with Gasteiger partial charge >= 0.3 is 0 Å². The number of aryl methyl sites for hydroxylation is 1. The molecule has 1 aromatic heterocycles. The molecule has 160 valence electrons. The second kappa shape index (κ2) is 9.01. The topological polar surface area (TPSA) is 79.4 Å². The maximum Gasteiger partial charge on any atom is 0.246 e. The lowest BCUT2D eigenvalue weighted by molar-refractivity contribution is -0.126. The Hall–Kier alpha value is -2.65. The van der Waals surface area contributed by atoms with Crippen LogP contribution in [-0.2, 0) is 34.3 Å². The Morgan fingerprint density at radius 1 is 1.33 bits per heavy atom. The first-order valence-corrected chi connectivity index (χ1v) is 11.2. The van der Waals surface area contributed by atoms with Crippen LogP contribution in [0.4, 0.5) is 8.78 Å². The zero-order chi connectivity index (χ0) is 21.9. The molecule has 0 bridgehead atoms. The second-order valence-corrected chi connectivity index (χ2v) is 9.15. The van der Waals surface area contributed by atoms with E-state index >= 15 is 0 Å². The third-order valence-corrected chi connectivity index (χ3v) is 6.47. The summed E-state index contributed by atoms with van der Waals surface area (Å²) in [4.78, 5) is 18.5. The van der Waals surface area contributed by atoms with Gasteiger partial charge in [0.25, 0.3) is 0 Å². The number of amides is 1. The Morgan fingerprint density at radius 2 is 2.10 bits per heavy atom. The van der Waals surface area contributed by atoms with E-state index < -0.39 is 21.7 Å². The molecule has 0 saturated carbocycles. The summed E-state index contributed by atoms with van der Waals surface area (Å²) >= 11 is 0. The first-order valence-electron chi connectivity index (χ1n) is 9.55. The predicted molar refractivity (Wildman–Crippen MR) is 110 cm³/mol. The van der Waals surface area contributed by atoms with Gasteiger partial charge in [0.05, 0.1) is 5.75 Å². The number of carbonyl (C=O) groups is 1. The maximum absolute atomic E-state index is 13.7. The molecule has 1 amide bonds. The standard InChI is InChI=1S/C21H23F2N3O3S/c1-3-30(28,29)25-12-19-14(2)24-11-16-13-26(9-8-18(16)19)21(27)7-5-15-4-6-17(22)10-20(15)23/h4-7,10-11,25H,3,8-9,12-13H2,1-2H3/b7-5+. The van der Waals surface area contributed by atoms with Gasteiger partial charge < -0.3 is 4.90 Å². The number of nitrogens with zero attached hydrogens (tertiary/aromatic N) is 2. The van der Waals surface area contributed by atoms with Gasteiger partial charge in [-0.3, -0.25) is 9.78 Å². The summed E-state index contributed by atoms with van der Waals surface area (Å²) in [5.41, 5.74) is 3.57. The number of pyridine rings is 1. The van der Waals surface area contributed by atoms with Crippen LogP contribution >= 0.6 is 0 Å². The third-order valence-electron chi connectivity index (χ3n) is 5.12. The van der Waals surface area contributed by atoms with Gasteiger partial charge in [-0.2, -0.15) is 0 Å². The van der Waals surface area contributed by atoms with Crippen LogP contribution in [0.1, 0.15) is 34.9 Å². The number of rotatable bonds is 6.